The van der Waals surface area contributed by atoms with Gasteiger partial charge in [0.2, 0.25) is 0 Å². The van der Waals surface area contributed by atoms with Crippen LogP contribution in [0.3, 0.4) is 0 Å². The molecule has 0 aromatic heterocycles. The van der Waals surface area contributed by atoms with Crippen molar-refractivity contribution in [1.29, 1.82) is 0 Å². The Morgan fingerprint density at radius 3 is 2.28 bits per heavy atom. The molecular weight excluding hydrogens is 265 g/mol. The molecule has 1 rings (SSSR count). The van der Waals surface area contributed by atoms with Gasteiger partial charge in [0.25, 0.3) is 0 Å². The summed E-state index contributed by atoms with van der Waals surface area (Å²) in [4.78, 5) is 12.1. The summed E-state index contributed by atoms with van der Waals surface area (Å²) in [6.07, 6.45) is -4.00. The zero-order chi connectivity index (χ0) is 14.1. The summed E-state index contributed by atoms with van der Waals surface area (Å²) in [6.45, 7) is 5.23. The van der Waals surface area contributed by atoms with E-state index in [0.717, 1.165) is 12.1 Å². The van der Waals surface area contributed by atoms with Crippen molar-refractivity contribution in [2.24, 2.45) is 5.41 Å². The summed E-state index contributed by atoms with van der Waals surface area (Å²) in [6, 6.07) is 3.27. The van der Waals surface area contributed by atoms with Gasteiger partial charge in [0.05, 0.1) is 10.6 Å². The van der Waals surface area contributed by atoms with Crippen molar-refractivity contribution < 1.29 is 18.0 Å². The average Bonchev–Trinajstić information content (AvgIpc) is 2.27. The van der Waals surface area contributed by atoms with Crippen LogP contribution in [0, 0.1) is 5.41 Å². The molecule has 1 aromatic rings. The molecule has 0 aliphatic heterocycles. The van der Waals surface area contributed by atoms with E-state index in [0.29, 0.717) is 6.42 Å². The van der Waals surface area contributed by atoms with E-state index in [-0.39, 0.29) is 11.3 Å². The van der Waals surface area contributed by atoms with E-state index in [9.17, 15) is 18.0 Å². The maximum absolute atomic E-state index is 12.7. The highest BCUT2D eigenvalue weighted by Crippen LogP contribution is 2.36. The minimum absolute atomic E-state index is 0.0403. The number of alkyl halides is 3. The van der Waals surface area contributed by atoms with Gasteiger partial charge in [-0.3, -0.25) is 4.79 Å². The van der Waals surface area contributed by atoms with Gasteiger partial charge in [0.15, 0.2) is 5.78 Å². The van der Waals surface area contributed by atoms with E-state index in [2.05, 4.69) is 0 Å². The number of Topliss-reactive ketones (excluding diaryl/α,β-unsaturated/α-hetero) is 1. The SMILES string of the molecule is CCC(C)(C)C(=O)c1ccc(Cl)c(C(F)(F)F)c1. The van der Waals surface area contributed by atoms with Crippen LogP contribution in [0.4, 0.5) is 13.2 Å². The maximum atomic E-state index is 12.7. The highest BCUT2D eigenvalue weighted by molar-refractivity contribution is 6.31. The molecule has 0 aliphatic carbocycles. The van der Waals surface area contributed by atoms with Gasteiger partial charge in [-0.1, -0.05) is 32.4 Å². The van der Waals surface area contributed by atoms with Crippen LogP contribution < -0.4 is 0 Å². The fourth-order valence-corrected chi connectivity index (χ4v) is 1.66. The van der Waals surface area contributed by atoms with Crippen molar-refractivity contribution in [3.05, 3.63) is 34.3 Å². The average molecular weight is 279 g/mol. The molecule has 5 heteroatoms. The first-order valence-electron chi connectivity index (χ1n) is 5.51. The van der Waals surface area contributed by atoms with Crippen molar-refractivity contribution in [2.75, 3.05) is 0 Å². The van der Waals surface area contributed by atoms with E-state index in [4.69, 9.17) is 11.6 Å². The molecule has 0 aliphatic rings. The summed E-state index contributed by atoms with van der Waals surface area (Å²) in [7, 11) is 0. The second-order valence-corrected chi connectivity index (χ2v) is 5.17. The maximum Gasteiger partial charge on any atom is 0.417 e. The summed E-state index contributed by atoms with van der Waals surface area (Å²) in [5.41, 5.74) is -1.61. The zero-order valence-electron chi connectivity index (χ0n) is 10.4. The molecule has 0 unspecified atom stereocenters. The molecule has 0 saturated heterocycles. The van der Waals surface area contributed by atoms with Crippen LogP contribution in [0.5, 0.6) is 0 Å². The lowest BCUT2D eigenvalue weighted by Gasteiger charge is -2.21. The lowest BCUT2D eigenvalue weighted by Crippen LogP contribution is -2.23. The lowest BCUT2D eigenvalue weighted by atomic mass is 9.82. The van der Waals surface area contributed by atoms with Crippen LogP contribution >= 0.6 is 11.6 Å². The van der Waals surface area contributed by atoms with Gasteiger partial charge < -0.3 is 0 Å². The molecule has 0 bridgehead atoms. The molecule has 1 nitrogen and oxygen atoms in total. The van der Waals surface area contributed by atoms with E-state index in [1.54, 1.807) is 13.8 Å². The molecule has 0 atom stereocenters. The Hall–Kier alpha value is -1.03. The number of carbonyl (C=O) groups is 1. The van der Waals surface area contributed by atoms with Crippen molar-refractivity contribution in [3.63, 3.8) is 0 Å². The van der Waals surface area contributed by atoms with Crippen molar-refractivity contribution in [1.82, 2.24) is 0 Å². The van der Waals surface area contributed by atoms with Gasteiger partial charge in [0, 0.05) is 11.0 Å². The highest BCUT2D eigenvalue weighted by atomic mass is 35.5. The van der Waals surface area contributed by atoms with Gasteiger partial charge in [-0.15, -0.1) is 0 Å². The molecule has 0 radical (unpaired) electrons. The monoisotopic (exact) mass is 278 g/mol. The number of ketones is 1. The topological polar surface area (TPSA) is 17.1 Å². The summed E-state index contributed by atoms with van der Waals surface area (Å²) < 4.78 is 38.0. The summed E-state index contributed by atoms with van der Waals surface area (Å²) in [5, 5.41) is -0.395. The quantitative estimate of drug-likeness (QED) is 0.713. The van der Waals surface area contributed by atoms with E-state index >= 15 is 0 Å². The minimum Gasteiger partial charge on any atom is -0.294 e. The molecule has 18 heavy (non-hydrogen) atoms. The molecule has 0 fully saturated rings. The summed E-state index contributed by atoms with van der Waals surface area (Å²) >= 11 is 5.50. The molecule has 0 amide bonds. The molecule has 0 spiro atoms. The Morgan fingerprint density at radius 1 is 1.28 bits per heavy atom. The predicted molar refractivity (Wildman–Crippen MR) is 64.9 cm³/mol. The van der Waals surface area contributed by atoms with Crippen LogP contribution in [-0.2, 0) is 6.18 Å². The highest BCUT2D eigenvalue weighted by Gasteiger charge is 2.35. The summed E-state index contributed by atoms with van der Waals surface area (Å²) in [5.74, 6) is -0.313. The van der Waals surface area contributed by atoms with E-state index < -0.39 is 22.2 Å². The van der Waals surface area contributed by atoms with Crippen molar-refractivity contribution in [2.45, 2.75) is 33.4 Å². The Kier molecular flexibility index (Phi) is 4.11. The number of rotatable bonds is 3. The van der Waals surface area contributed by atoms with Gasteiger partial charge >= 0.3 is 6.18 Å². The molecule has 100 valence electrons. The molecule has 0 heterocycles. The molecular formula is C13H14ClF3O. The zero-order valence-corrected chi connectivity index (χ0v) is 11.1. The number of hydrogen-bond donors (Lipinski definition) is 0. The number of carbonyl (C=O) groups excluding carboxylic acids is 1. The first kappa shape index (κ1) is 15.0. The van der Waals surface area contributed by atoms with Gasteiger partial charge in [-0.05, 0) is 24.6 Å². The Bertz CT molecular complexity index is 464. The van der Waals surface area contributed by atoms with Crippen LogP contribution in [0.25, 0.3) is 0 Å². The second-order valence-electron chi connectivity index (χ2n) is 4.76. The first-order valence-corrected chi connectivity index (χ1v) is 5.89. The Morgan fingerprint density at radius 2 is 1.83 bits per heavy atom. The predicted octanol–water partition coefficient (Wildman–Crippen LogP) is 4.98. The van der Waals surface area contributed by atoms with Crippen LogP contribution in [0.15, 0.2) is 18.2 Å². The fraction of sp³-hybridized carbons (Fsp3) is 0.462. The number of hydrogen-bond acceptors (Lipinski definition) is 1. The lowest BCUT2D eigenvalue weighted by molar-refractivity contribution is -0.137. The third-order valence-corrected chi connectivity index (χ3v) is 3.36. The van der Waals surface area contributed by atoms with Crippen LogP contribution in [-0.4, -0.2) is 5.78 Å². The van der Waals surface area contributed by atoms with Crippen LogP contribution in [0.2, 0.25) is 5.02 Å². The first-order chi connectivity index (χ1) is 8.09. The Balaban J connectivity index is 3.26. The molecule has 0 N–H and O–H groups in total. The smallest absolute Gasteiger partial charge is 0.294 e. The number of benzene rings is 1. The van der Waals surface area contributed by atoms with Crippen molar-refractivity contribution >= 4 is 17.4 Å². The largest absolute Gasteiger partial charge is 0.417 e. The second kappa shape index (κ2) is 4.92. The standard InChI is InChI=1S/C13H14ClF3O/c1-4-12(2,3)11(18)8-5-6-10(14)9(7-8)13(15,16)17/h5-7H,4H2,1-3H3. The van der Waals surface area contributed by atoms with Gasteiger partial charge in [0.1, 0.15) is 0 Å². The molecule has 1 aromatic carbocycles. The van der Waals surface area contributed by atoms with Gasteiger partial charge in [-0.25, -0.2) is 0 Å². The minimum atomic E-state index is -4.55. The molecule has 0 saturated carbocycles. The van der Waals surface area contributed by atoms with Gasteiger partial charge in [-0.2, -0.15) is 13.2 Å². The van der Waals surface area contributed by atoms with E-state index in [1.165, 1.54) is 6.07 Å². The fourth-order valence-electron chi connectivity index (χ4n) is 1.44. The van der Waals surface area contributed by atoms with E-state index in [1.807, 2.05) is 6.92 Å². The normalized spacial score (nSPS) is 12.6. The Labute approximate surface area is 109 Å². The van der Waals surface area contributed by atoms with Crippen molar-refractivity contribution in [3.8, 4) is 0 Å². The van der Waals surface area contributed by atoms with Crippen LogP contribution in [0.1, 0.15) is 43.1 Å². The third kappa shape index (κ3) is 3.05. The third-order valence-electron chi connectivity index (χ3n) is 3.03. The number of halogens is 4.